The summed E-state index contributed by atoms with van der Waals surface area (Å²) in [6.07, 6.45) is 2.49. The van der Waals surface area contributed by atoms with Gasteiger partial charge in [-0.05, 0) is 32.0 Å². The molecule has 0 amide bonds. The van der Waals surface area contributed by atoms with Crippen LogP contribution in [0, 0.1) is 11.2 Å². The van der Waals surface area contributed by atoms with Gasteiger partial charge in [-0.2, -0.15) is 0 Å². The molecule has 100 valence electrons. The van der Waals surface area contributed by atoms with Crippen LogP contribution in [0.5, 0.6) is 5.75 Å². The molecule has 1 aromatic rings. The van der Waals surface area contributed by atoms with E-state index in [1.54, 1.807) is 6.07 Å². The lowest BCUT2D eigenvalue weighted by molar-refractivity contribution is 0.386. The second-order valence-electron chi connectivity index (χ2n) is 5.21. The Morgan fingerprint density at radius 3 is 2.67 bits per heavy atom. The third kappa shape index (κ3) is 2.75. The Balaban J connectivity index is 2.05. The van der Waals surface area contributed by atoms with Crippen LogP contribution in [-0.2, 0) is 0 Å². The van der Waals surface area contributed by atoms with Gasteiger partial charge in [0, 0.05) is 37.3 Å². The van der Waals surface area contributed by atoms with E-state index in [4.69, 9.17) is 4.74 Å². The third-order valence-electron chi connectivity index (χ3n) is 3.66. The van der Waals surface area contributed by atoms with Crippen LogP contribution in [0.15, 0.2) is 18.2 Å². The molecular formula is C14H21FN2O. The highest BCUT2D eigenvalue weighted by Gasteiger charge is 2.42. The lowest BCUT2D eigenvalue weighted by Crippen LogP contribution is -2.32. The molecule has 0 spiro atoms. The van der Waals surface area contributed by atoms with Crippen LogP contribution in [0.4, 0.5) is 10.1 Å². The molecular weight excluding hydrogens is 231 g/mol. The third-order valence-corrected chi connectivity index (χ3v) is 3.66. The fourth-order valence-electron chi connectivity index (χ4n) is 2.43. The van der Waals surface area contributed by atoms with Crippen molar-refractivity contribution in [1.82, 2.24) is 5.32 Å². The zero-order valence-electron chi connectivity index (χ0n) is 11.3. The fourth-order valence-corrected chi connectivity index (χ4v) is 2.43. The van der Waals surface area contributed by atoms with Gasteiger partial charge in [-0.15, -0.1) is 0 Å². The normalized spacial score (nSPS) is 16.4. The van der Waals surface area contributed by atoms with Crippen LogP contribution in [0.25, 0.3) is 0 Å². The van der Waals surface area contributed by atoms with Crippen LogP contribution in [-0.4, -0.2) is 34.3 Å². The standard InChI is InChI=1S/C14H21FN2O/c1-16-9-14(6-7-14)10-17(2)11-4-5-13(18-3)12(15)8-11/h4-5,8,16H,6-7,9-10H2,1-3H3. The molecule has 0 heterocycles. The first-order valence-electron chi connectivity index (χ1n) is 6.29. The molecule has 4 heteroatoms. The van der Waals surface area contributed by atoms with Crippen LogP contribution in [0.3, 0.4) is 0 Å². The van der Waals surface area contributed by atoms with E-state index in [0.29, 0.717) is 11.2 Å². The zero-order valence-corrected chi connectivity index (χ0v) is 11.3. The topological polar surface area (TPSA) is 24.5 Å². The summed E-state index contributed by atoms with van der Waals surface area (Å²) in [5, 5.41) is 3.24. The SMILES string of the molecule is CNCC1(CN(C)c2ccc(OC)c(F)c2)CC1. The predicted molar refractivity (Wildman–Crippen MR) is 71.8 cm³/mol. The Morgan fingerprint density at radius 1 is 1.44 bits per heavy atom. The van der Waals surface area contributed by atoms with Crippen molar-refractivity contribution in [3.8, 4) is 5.75 Å². The van der Waals surface area contributed by atoms with Gasteiger partial charge in [0.1, 0.15) is 0 Å². The lowest BCUT2D eigenvalue weighted by atomic mass is 10.1. The highest BCUT2D eigenvalue weighted by atomic mass is 19.1. The van der Waals surface area contributed by atoms with Crippen LogP contribution < -0.4 is 15.0 Å². The van der Waals surface area contributed by atoms with E-state index in [-0.39, 0.29) is 5.82 Å². The van der Waals surface area contributed by atoms with Gasteiger partial charge < -0.3 is 15.0 Å². The van der Waals surface area contributed by atoms with Gasteiger partial charge in [-0.25, -0.2) is 4.39 Å². The van der Waals surface area contributed by atoms with Gasteiger partial charge in [-0.3, -0.25) is 0 Å². The van der Waals surface area contributed by atoms with Crippen molar-refractivity contribution in [1.29, 1.82) is 0 Å². The first kappa shape index (κ1) is 13.1. The highest BCUT2D eigenvalue weighted by Crippen LogP contribution is 2.46. The van der Waals surface area contributed by atoms with E-state index in [1.165, 1.54) is 26.0 Å². The Labute approximate surface area is 108 Å². The molecule has 3 nitrogen and oxygen atoms in total. The van der Waals surface area contributed by atoms with E-state index in [9.17, 15) is 4.39 Å². The van der Waals surface area contributed by atoms with Crippen molar-refractivity contribution in [2.45, 2.75) is 12.8 Å². The second kappa shape index (κ2) is 5.14. The highest BCUT2D eigenvalue weighted by molar-refractivity contribution is 5.49. The Bertz CT molecular complexity index is 418. The molecule has 0 saturated heterocycles. The number of nitrogens with zero attached hydrogens (tertiary/aromatic N) is 1. The number of nitrogens with one attached hydrogen (secondary N) is 1. The molecule has 0 radical (unpaired) electrons. The molecule has 1 aliphatic rings. The van der Waals surface area contributed by atoms with Gasteiger partial charge >= 0.3 is 0 Å². The van der Waals surface area contributed by atoms with Gasteiger partial charge in [-0.1, -0.05) is 0 Å². The molecule has 1 aromatic carbocycles. The summed E-state index contributed by atoms with van der Waals surface area (Å²) in [6.45, 7) is 1.98. The number of halogens is 1. The van der Waals surface area contributed by atoms with Crippen molar-refractivity contribution >= 4 is 5.69 Å². The molecule has 1 N–H and O–H groups in total. The van der Waals surface area contributed by atoms with Gasteiger partial charge in [0.25, 0.3) is 0 Å². The number of rotatable bonds is 6. The van der Waals surface area contributed by atoms with Crippen molar-refractivity contribution in [2.24, 2.45) is 5.41 Å². The van der Waals surface area contributed by atoms with Crippen molar-refractivity contribution in [3.63, 3.8) is 0 Å². The average molecular weight is 252 g/mol. The van der Waals surface area contributed by atoms with E-state index < -0.39 is 0 Å². The number of hydrogen-bond donors (Lipinski definition) is 1. The van der Waals surface area contributed by atoms with Crippen LogP contribution in [0.1, 0.15) is 12.8 Å². The average Bonchev–Trinajstić information content (AvgIpc) is 3.09. The van der Waals surface area contributed by atoms with Crippen LogP contribution in [0.2, 0.25) is 0 Å². The molecule has 1 aliphatic carbocycles. The van der Waals surface area contributed by atoms with E-state index in [0.717, 1.165) is 18.8 Å². The quantitative estimate of drug-likeness (QED) is 0.840. The molecule has 0 bridgehead atoms. The maximum absolute atomic E-state index is 13.6. The van der Waals surface area contributed by atoms with Gasteiger partial charge in [0.15, 0.2) is 11.6 Å². The Kier molecular flexibility index (Phi) is 3.76. The summed E-state index contributed by atoms with van der Waals surface area (Å²) in [4.78, 5) is 2.12. The molecule has 2 rings (SSSR count). The molecule has 0 aromatic heterocycles. The molecule has 1 fully saturated rings. The van der Waals surface area contributed by atoms with Crippen molar-refractivity contribution in [2.75, 3.05) is 39.2 Å². The van der Waals surface area contributed by atoms with E-state index >= 15 is 0 Å². The minimum Gasteiger partial charge on any atom is -0.494 e. The summed E-state index contributed by atoms with van der Waals surface area (Å²) < 4.78 is 18.6. The van der Waals surface area contributed by atoms with Gasteiger partial charge in [0.2, 0.25) is 0 Å². The molecule has 18 heavy (non-hydrogen) atoms. The molecule has 0 unspecified atom stereocenters. The lowest BCUT2D eigenvalue weighted by Gasteiger charge is -2.25. The zero-order chi connectivity index (χ0) is 13.2. The molecule has 0 atom stereocenters. The van der Waals surface area contributed by atoms with E-state index in [1.807, 2.05) is 20.2 Å². The maximum atomic E-state index is 13.6. The minimum absolute atomic E-state index is 0.295. The summed E-state index contributed by atoms with van der Waals surface area (Å²) >= 11 is 0. The molecule has 0 aliphatic heterocycles. The number of ether oxygens (including phenoxy) is 1. The summed E-state index contributed by atoms with van der Waals surface area (Å²) in [6, 6.07) is 5.12. The van der Waals surface area contributed by atoms with E-state index in [2.05, 4.69) is 10.2 Å². The first-order chi connectivity index (χ1) is 8.60. The number of benzene rings is 1. The van der Waals surface area contributed by atoms with Crippen LogP contribution >= 0.6 is 0 Å². The van der Waals surface area contributed by atoms with Crippen molar-refractivity contribution in [3.05, 3.63) is 24.0 Å². The summed E-state index contributed by atoms with van der Waals surface area (Å²) in [7, 11) is 5.47. The summed E-state index contributed by atoms with van der Waals surface area (Å²) in [5.41, 5.74) is 1.27. The number of methoxy groups -OCH3 is 1. The van der Waals surface area contributed by atoms with Crippen molar-refractivity contribution < 1.29 is 9.13 Å². The first-order valence-corrected chi connectivity index (χ1v) is 6.29. The summed E-state index contributed by atoms with van der Waals surface area (Å²) in [5.74, 6) is -0.0103. The smallest absolute Gasteiger partial charge is 0.167 e. The van der Waals surface area contributed by atoms with Gasteiger partial charge in [0.05, 0.1) is 7.11 Å². The maximum Gasteiger partial charge on any atom is 0.167 e. The Hall–Kier alpha value is -1.29. The minimum atomic E-state index is -0.305. The fraction of sp³-hybridized carbons (Fsp3) is 0.571. The monoisotopic (exact) mass is 252 g/mol. The predicted octanol–water partition coefficient (Wildman–Crippen LogP) is 2.27. The molecule has 1 saturated carbocycles. The second-order valence-corrected chi connectivity index (χ2v) is 5.21. The number of hydrogen-bond acceptors (Lipinski definition) is 3. The largest absolute Gasteiger partial charge is 0.494 e. The number of anilines is 1. The Morgan fingerprint density at radius 2 is 2.17 bits per heavy atom.